The van der Waals surface area contributed by atoms with E-state index in [1.165, 1.54) is 11.3 Å². The number of ether oxygens (including phenoxy) is 1. The van der Waals surface area contributed by atoms with Crippen LogP contribution in [0.1, 0.15) is 21.7 Å². The molecule has 0 fully saturated rings. The van der Waals surface area contributed by atoms with Crippen LogP contribution in [-0.4, -0.2) is 37.6 Å². The number of carbonyl (C=O) groups is 1. The SMILES string of the molecule is COCCN(CCC#N)C(=O)c1sccc1C. The van der Waals surface area contributed by atoms with E-state index < -0.39 is 0 Å². The monoisotopic (exact) mass is 252 g/mol. The number of carbonyl (C=O) groups excluding carboxylic acids is 1. The summed E-state index contributed by atoms with van der Waals surface area (Å²) >= 11 is 1.44. The van der Waals surface area contributed by atoms with Crippen LogP contribution in [0.2, 0.25) is 0 Å². The molecule has 0 radical (unpaired) electrons. The van der Waals surface area contributed by atoms with Gasteiger partial charge < -0.3 is 9.64 Å². The van der Waals surface area contributed by atoms with Gasteiger partial charge in [0.25, 0.3) is 5.91 Å². The first-order valence-corrected chi connectivity index (χ1v) is 6.28. The highest BCUT2D eigenvalue weighted by molar-refractivity contribution is 7.12. The second kappa shape index (κ2) is 7.05. The van der Waals surface area contributed by atoms with Gasteiger partial charge in [0, 0.05) is 20.2 Å². The van der Waals surface area contributed by atoms with E-state index in [1.807, 2.05) is 18.4 Å². The number of hydrogen-bond acceptors (Lipinski definition) is 4. The molecule has 4 nitrogen and oxygen atoms in total. The lowest BCUT2D eigenvalue weighted by molar-refractivity contribution is 0.0704. The van der Waals surface area contributed by atoms with Crippen molar-refractivity contribution in [2.45, 2.75) is 13.3 Å². The van der Waals surface area contributed by atoms with Crippen molar-refractivity contribution in [1.82, 2.24) is 4.90 Å². The van der Waals surface area contributed by atoms with Crippen LogP contribution in [0.5, 0.6) is 0 Å². The number of amides is 1. The number of aryl methyl sites for hydroxylation is 1. The van der Waals surface area contributed by atoms with E-state index in [-0.39, 0.29) is 5.91 Å². The Hall–Kier alpha value is -1.38. The van der Waals surface area contributed by atoms with Crippen LogP contribution in [0, 0.1) is 18.3 Å². The Kier molecular flexibility index (Phi) is 5.67. The second-order valence-corrected chi connectivity index (χ2v) is 4.54. The number of nitriles is 1. The van der Waals surface area contributed by atoms with Gasteiger partial charge >= 0.3 is 0 Å². The zero-order chi connectivity index (χ0) is 12.7. The first kappa shape index (κ1) is 13.7. The molecule has 0 saturated carbocycles. The number of thiophene rings is 1. The molecular formula is C12H16N2O2S. The summed E-state index contributed by atoms with van der Waals surface area (Å²) in [5.41, 5.74) is 0.986. The van der Waals surface area contributed by atoms with Gasteiger partial charge in [-0.3, -0.25) is 4.79 Å². The lowest BCUT2D eigenvalue weighted by Gasteiger charge is -2.20. The van der Waals surface area contributed by atoms with Crippen molar-refractivity contribution in [1.29, 1.82) is 5.26 Å². The predicted octanol–water partition coefficient (Wildman–Crippen LogP) is 2.06. The molecule has 0 saturated heterocycles. The summed E-state index contributed by atoms with van der Waals surface area (Å²) < 4.78 is 4.98. The minimum atomic E-state index is -0.00944. The van der Waals surface area contributed by atoms with Gasteiger partial charge in [-0.15, -0.1) is 11.3 Å². The zero-order valence-corrected chi connectivity index (χ0v) is 10.9. The molecule has 17 heavy (non-hydrogen) atoms. The molecule has 0 bridgehead atoms. The van der Waals surface area contributed by atoms with E-state index in [0.29, 0.717) is 26.1 Å². The molecular weight excluding hydrogens is 236 g/mol. The van der Waals surface area contributed by atoms with Crippen LogP contribution < -0.4 is 0 Å². The molecule has 1 amide bonds. The quantitative estimate of drug-likeness (QED) is 0.778. The normalized spacial score (nSPS) is 9.94. The van der Waals surface area contributed by atoms with Crippen molar-refractivity contribution in [2.24, 2.45) is 0 Å². The fraction of sp³-hybridized carbons (Fsp3) is 0.500. The maximum Gasteiger partial charge on any atom is 0.264 e. The lowest BCUT2D eigenvalue weighted by Crippen LogP contribution is -2.34. The Balaban J connectivity index is 2.72. The summed E-state index contributed by atoms with van der Waals surface area (Å²) in [5, 5.41) is 10.5. The Labute approximate surface area is 105 Å². The first-order chi connectivity index (χ1) is 8.20. The van der Waals surface area contributed by atoms with Crippen LogP contribution in [-0.2, 0) is 4.74 Å². The number of hydrogen-bond donors (Lipinski definition) is 0. The van der Waals surface area contributed by atoms with Crippen molar-refractivity contribution in [3.05, 3.63) is 21.9 Å². The molecule has 0 unspecified atom stereocenters. The molecule has 0 atom stereocenters. The van der Waals surface area contributed by atoms with Crippen LogP contribution >= 0.6 is 11.3 Å². The zero-order valence-electron chi connectivity index (χ0n) is 10.1. The molecule has 1 aromatic heterocycles. The third-order valence-electron chi connectivity index (χ3n) is 2.40. The average molecular weight is 252 g/mol. The largest absolute Gasteiger partial charge is 0.383 e. The third kappa shape index (κ3) is 3.84. The molecule has 1 heterocycles. The van der Waals surface area contributed by atoms with Gasteiger partial charge in [0.2, 0.25) is 0 Å². The van der Waals surface area contributed by atoms with Crippen LogP contribution in [0.25, 0.3) is 0 Å². The van der Waals surface area contributed by atoms with E-state index in [1.54, 1.807) is 12.0 Å². The van der Waals surface area contributed by atoms with Gasteiger partial charge in [-0.05, 0) is 23.9 Å². The number of nitrogens with zero attached hydrogens (tertiary/aromatic N) is 2. The maximum absolute atomic E-state index is 12.2. The summed E-state index contributed by atoms with van der Waals surface area (Å²) in [6.07, 6.45) is 0.347. The van der Waals surface area contributed by atoms with Crippen LogP contribution in [0.3, 0.4) is 0 Å². The summed E-state index contributed by atoms with van der Waals surface area (Å²) in [6.45, 7) is 3.38. The second-order valence-electron chi connectivity index (χ2n) is 3.63. The van der Waals surface area contributed by atoms with Gasteiger partial charge in [-0.25, -0.2) is 0 Å². The smallest absolute Gasteiger partial charge is 0.264 e. The predicted molar refractivity (Wildman–Crippen MR) is 67.1 cm³/mol. The fourth-order valence-electron chi connectivity index (χ4n) is 1.44. The highest BCUT2D eigenvalue weighted by Gasteiger charge is 2.18. The van der Waals surface area contributed by atoms with Gasteiger partial charge in [0.1, 0.15) is 0 Å². The molecule has 0 N–H and O–H groups in total. The van der Waals surface area contributed by atoms with Crippen LogP contribution in [0.4, 0.5) is 0 Å². The standard InChI is InChI=1S/C12H16N2O2S/c1-10-4-9-17-11(10)12(15)14(6-3-5-13)7-8-16-2/h4,9H,3,6-8H2,1-2H3. The van der Waals surface area contributed by atoms with E-state index in [0.717, 1.165) is 10.4 Å². The van der Waals surface area contributed by atoms with Gasteiger partial charge in [-0.1, -0.05) is 0 Å². The van der Waals surface area contributed by atoms with Crippen molar-refractivity contribution >= 4 is 17.2 Å². The van der Waals surface area contributed by atoms with E-state index in [4.69, 9.17) is 10.00 Å². The molecule has 0 aliphatic heterocycles. The van der Waals surface area contributed by atoms with Crippen molar-refractivity contribution in [3.8, 4) is 6.07 Å². The highest BCUT2D eigenvalue weighted by atomic mass is 32.1. The molecule has 1 aromatic rings. The van der Waals surface area contributed by atoms with Crippen LogP contribution in [0.15, 0.2) is 11.4 Å². The van der Waals surface area contributed by atoms with Crippen molar-refractivity contribution < 1.29 is 9.53 Å². The Bertz CT molecular complexity index is 409. The first-order valence-electron chi connectivity index (χ1n) is 5.40. The fourth-order valence-corrected chi connectivity index (χ4v) is 2.33. The summed E-state index contributed by atoms with van der Waals surface area (Å²) in [7, 11) is 1.60. The molecule has 1 rings (SSSR count). The number of rotatable bonds is 6. The molecule has 92 valence electrons. The van der Waals surface area contributed by atoms with Crippen molar-refractivity contribution in [2.75, 3.05) is 26.8 Å². The number of methoxy groups -OCH3 is 1. The van der Waals surface area contributed by atoms with Gasteiger partial charge in [0.15, 0.2) is 0 Å². The topological polar surface area (TPSA) is 53.3 Å². The van der Waals surface area contributed by atoms with Crippen molar-refractivity contribution in [3.63, 3.8) is 0 Å². The third-order valence-corrected chi connectivity index (χ3v) is 3.41. The van der Waals surface area contributed by atoms with Gasteiger partial charge in [0.05, 0.1) is 24.0 Å². The molecule has 0 aromatic carbocycles. The minimum absolute atomic E-state index is 0.00944. The Morgan fingerprint density at radius 3 is 2.88 bits per heavy atom. The molecule has 0 aliphatic rings. The van der Waals surface area contributed by atoms with E-state index >= 15 is 0 Å². The maximum atomic E-state index is 12.2. The average Bonchev–Trinajstić information content (AvgIpc) is 2.75. The molecule has 5 heteroatoms. The Morgan fingerprint density at radius 1 is 1.59 bits per heavy atom. The lowest BCUT2D eigenvalue weighted by atomic mass is 10.2. The summed E-state index contributed by atoms with van der Waals surface area (Å²) in [5.74, 6) is -0.00944. The molecule has 0 aliphatic carbocycles. The van der Waals surface area contributed by atoms with Gasteiger partial charge in [-0.2, -0.15) is 5.26 Å². The van der Waals surface area contributed by atoms with E-state index in [2.05, 4.69) is 6.07 Å². The minimum Gasteiger partial charge on any atom is -0.383 e. The molecule has 0 spiro atoms. The Morgan fingerprint density at radius 2 is 2.35 bits per heavy atom. The summed E-state index contributed by atoms with van der Waals surface area (Å²) in [4.78, 5) is 14.6. The highest BCUT2D eigenvalue weighted by Crippen LogP contribution is 2.18. The van der Waals surface area contributed by atoms with E-state index in [9.17, 15) is 4.79 Å². The summed E-state index contributed by atoms with van der Waals surface area (Å²) in [6, 6.07) is 3.99.